The molecule has 0 aliphatic heterocycles. The zero-order valence-corrected chi connectivity index (χ0v) is 16.3. The molecule has 3 rings (SSSR count). The van der Waals surface area contributed by atoms with Gasteiger partial charge in [-0.05, 0) is 38.1 Å². The van der Waals surface area contributed by atoms with E-state index in [1.165, 1.54) is 4.68 Å². The molecule has 3 aromatic rings. The molecule has 0 atom stereocenters. The lowest BCUT2D eigenvalue weighted by atomic mass is 10.2. The number of anilines is 1. The van der Waals surface area contributed by atoms with Crippen molar-refractivity contribution in [2.45, 2.75) is 20.4 Å². The number of aromatic nitrogens is 3. The zero-order valence-electron chi connectivity index (χ0n) is 16.3. The lowest BCUT2D eigenvalue weighted by Crippen LogP contribution is -2.23. The lowest BCUT2D eigenvalue weighted by Gasteiger charge is -2.13. The van der Waals surface area contributed by atoms with Crippen molar-refractivity contribution in [1.82, 2.24) is 15.0 Å². The molecule has 152 valence electrons. The number of rotatable bonds is 9. The molecule has 29 heavy (non-hydrogen) atoms. The molecule has 0 saturated heterocycles. The van der Waals surface area contributed by atoms with E-state index in [1.54, 1.807) is 30.3 Å². The Morgan fingerprint density at radius 1 is 1.07 bits per heavy atom. The Balaban J connectivity index is 1.58. The summed E-state index contributed by atoms with van der Waals surface area (Å²) in [5, 5.41) is 10.6. The Morgan fingerprint density at radius 2 is 1.86 bits per heavy atom. The van der Waals surface area contributed by atoms with E-state index in [-0.39, 0.29) is 6.54 Å². The number of hydrogen-bond donors (Lipinski definition) is 1. The van der Waals surface area contributed by atoms with Gasteiger partial charge in [0.2, 0.25) is 0 Å². The molecule has 0 aliphatic carbocycles. The summed E-state index contributed by atoms with van der Waals surface area (Å²) in [7, 11) is 0. The topological polar surface area (TPSA) is 105 Å². The highest BCUT2D eigenvalue weighted by molar-refractivity contribution is 5.94. The largest absolute Gasteiger partial charge is 0.494 e. The smallest absolute Gasteiger partial charge is 0.328 e. The first-order chi connectivity index (χ1) is 14.1. The zero-order chi connectivity index (χ0) is 20.6. The van der Waals surface area contributed by atoms with Crippen molar-refractivity contribution in [3.63, 3.8) is 0 Å². The van der Waals surface area contributed by atoms with Crippen LogP contribution in [0.25, 0.3) is 11.0 Å². The van der Waals surface area contributed by atoms with Gasteiger partial charge in [0.1, 0.15) is 23.6 Å². The summed E-state index contributed by atoms with van der Waals surface area (Å²) in [6, 6.07) is 12.4. The maximum atomic E-state index is 12.2. The summed E-state index contributed by atoms with van der Waals surface area (Å²) in [6.07, 6.45) is 0. The van der Waals surface area contributed by atoms with Crippen molar-refractivity contribution in [2.24, 2.45) is 0 Å². The highest BCUT2D eigenvalue weighted by Gasteiger charge is 2.14. The number of carbonyl (C=O) groups is 2. The van der Waals surface area contributed by atoms with Gasteiger partial charge in [-0.25, -0.2) is 4.68 Å². The molecule has 9 nitrogen and oxygen atoms in total. The van der Waals surface area contributed by atoms with Gasteiger partial charge >= 0.3 is 5.97 Å². The molecule has 1 aromatic heterocycles. The van der Waals surface area contributed by atoms with Gasteiger partial charge in [0.25, 0.3) is 5.91 Å². The first kappa shape index (κ1) is 20.1. The molecular formula is C20H22N4O5. The second-order valence-electron chi connectivity index (χ2n) is 5.97. The fourth-order valence-electron chi connectivity index (χ4n) is 2.68. The summed E-state index contributed by atoms with van der Waals surface area (Å²) >= 11 is 0. The summed E-state index contributed by atoms with van der Waals surface area (Å²) in [5.74, 6) is 0.0197. The number of nitrogens with one attached hydrogen (secondary N) is 1. The normalized spacial score (nSPS) is 10.6. The minimum atomic E-state index is -0.594. The number of benzene rings is 2. The molecule has 0 fully saturated rings. The van der Waals surface area contributed by atoms with Crippen LogP contribution in [0.5, 0.6) is 11.5 Å². The molecule has 0 spiro atoms. The number of amides is 1. The van der Waals surface area contributed by atoms with Crippen LogP contribution in [0, 0.1) is 0 Å². The maximum absolute atomic E-state index is 12.2. The van der Waals surface area contributed by atoms with Gasteiger partial charge in [-0.3, -0.25) is 9.59 Å². The molecule has 1 N–H and O–H groups in total. The number of ether oxygens (including phenoxy) is 3. The minimum absolute atomic E-state index is 0.141. The second-order valence-corrected chi connectivity index (χ2v) is 5.97. The van der Waals surface area contributed by atoms with Gasteiger partial charge in [-0.15, -0.1) is 5.10 Å². The summed E-state index contributed by atoms with van der Waals surface area (Å²) in [5.41, 5.74) is 1.83. The summed E-state index contributed by atoms with van der Waals surface area (Å²) < 4.78 is 17.4. The Hall–Kier alpha value is -3.62. The highest BCUT2D eigenvalue weighted by Crippen LogP contribution is 2.29. The molecule has 2 aromatic carbocycles. The third kappa shape index (κ3) is 5.22. The standard InChI is InChI=1S/C20H22N4O5/c1-3-27-14-9-10-18(28-4-2)16(11-14)21-19(25)13-29-20(26)12-24-17-8-6-5-7-15(17)22-23-24/h5-11H,3-4,12-13H2,1-2H3,(H,21,25). The molecule has 0 unspecified atom stereocenters. The number of nitrogens with zero attached hydrogens (tertiary/aromatic N) is 3. The van der Waals surface area contributed by atoms with E-state index in [9.17, 15) is 9.59 Å². The number of para-hydroxylation sites is 1. The van der Waals surface area contributed by atoms with Crippen molar-refractivity contribution in [1.29, 1.82) is 0 Å². The molecule has 0 aliphatic rings. The van der Waals surface area contributed by atoms with Crippen molar-refractivity contribution >= 4 is 28.6 Å². The summed E-state index contributed by atoms with van der Waals surface area (Å²) in [4.78, 5) is 24.3. The number of fused-ring (bicyclic) bond motifs is 1. The Bertz CT molecular complexity index is 1000. The van der Waals surface area contributed by atoms with E-state index >= 15 is 0 Å². The van der Waals surface area contributed by atoms with E-state index in [4.69, 9.17) is 14.2 Å². The van der Waals surface area contributed by atoms with Crippen molar-refractivity contribution in [3.05, 3.63) is 42.5 Å². The summed E-state index contributed by atoms with van der Waals surface area (Å²) in [6.45, 7) is 4.07. The van der Waals surface area contributed by atoms with E-state index in [0.29, 0.717) is 41.4 Å². The first-order valence-electron chi connectivity index (χ1n) is 9.24. The van der Waals surface area contributed by atoms with Gasteiger partial charge in [0.15, 0.2) is 6.61 Å². The monoisotopic (exact) mass is 398 g/mol. The second kappa shape index (κ2) is 9.54. The number of carbonyl (C=O) groups excluding carboxylic acids is 2. The van der Waals surface area contributed by atoms with Crippen LogP contribution in [-0.4, -0.2) is 46.7 Å². The van der Waals surface area contributed by atoms with Crippen molar-refractivity contribution in [3.8, 4) is 11.5 Å². The van der Waals surface area contributed by atoms with Crippen LogP contribution < -0.4 is 14.8 Å². The quantitative estimate of drug-likeness (QED) is 0.552. The van der Waals surface area contributed by atoms with Crippen LogP contribution in [0.3, 0.4) is 0 Å². The fraction of sp³-hybridized carbons (Fsp3) is 0.300. The van der Waals surface area contributed by atoms with E-state index in [1.807, 2.05) is 26.0 Å². The van der Waals surface area contributed by atoms with Gasteiger partial charge in [0, 0.05) is 6.07 Å². The lowest BCUT2D eigenvalue weighted by molar-refractivity contribution is -0.148. The SMILES string of the molecule is CCOc1ccc(OCC)c(NC(=O)COC(=O)Cn2nnc3ccccc32)c1. The van der Waals surface area contributed by atoms with Crippen LogP contribution in [0.2, 0.25) is 0 Å². The van der Waals surface area contributed by atoms with Crippen LogP contribution in [0.1, 0.15) is 13.8 Å². The van der Waals surface area contributed by atoms with Crippen LogP contribution in [0.15, 0.2) is 42.5 Å². The maximum Gasteiger partial charge on any atom is 0.328 e. The van der Waals surface area contributed by atoms with Gasteiger partial charge in [0.05, 0.1) is 24.4 Å². The average molecular weight is 398 g/mol. The predicted molar refractivity (Wildman–Crippen MR) is 106 cm³/mol. The van der Waals surface area contributed by atoms with E-state index < -0.39 is 18.5 Å². The number of hydrogen-bond acceptors (Lipinski definition) is 7. The third-order valence-corrected chi connectivity index (χ3v) is 3.90. The predicted octanol–water partition coefficient (Wildman–Crippen LogP) is 2.41. The molecule has 0 bridgehead atoms. The molecule has 1 heterocycles. The van der Waals surface area contributed by atoms with Gasteiger partial charge in [-0.2, -0.15) is 0 Å². The van der Waals surface area contributed by atoms with Crippen LogP contribution in [0.4, 0.5) is 5.69 Å². The average Bonchev–Trinajstić information content (AvgIpc) is 3.12. The highest BCUT2D eigenvalue weighted by atomic mass is 16.5. The number of esters is 1. The third-order valence-electron chi connectivity index (χ3n) is 3.90. The van der Waals surface area contributed by atoms with Gasteiger partial charge < -0.3 is 19.5 Å². The van der Waals surface area contributed by atoms with Crippen molar-refractivity contribution < 1.29 is 23.8 Å². The minimum Gasteiger partial charge on any atom is -0.494 e. The Kier molecular flexibility index (Phi) is 6.62. The Labute approximate surface area is 167 Å². The van der Waals surface area contributed by atoms with Gasteiger partial charge in [-0.1, -0.05) is 17.3 Å². The molecule has 0 radical (unpaired) electrons. The van der Waals surface area contributed by atoms with E-state index in [0.717, 1.165) is 0 Å². The first-order valence-corrected chi connectivity index (χ1v) is 9.24. The molecule has 9 heteroatoms. The molecular weight excluding hydrogens is 376 g/mol. The van der Waals surface area contributed by atoms with Crippen molar-refractivity contribution in [2.75, 3.05) is 25.1 Å². The fourth-order valence-corrected chi connectivity index (χ4v) is 2.68. The van der Waals surface area contributed by atoms with Crippen LogP contribution in [-0.2, 0) is 20.9 Å². The molecule has 0 saturated carbocycles. The molecule has 1 amide bonds. The van der Waals surface area contributed by atoms with Crippen LogP contribution >= 0.6 is 0 Å². The van der Waals surface area contributed by atoms with E-state index in [2.05, 4.69) is 15.6 Å². The Morgan fingerprint density at radius 3 is 2.66 bits per heavy atom.